The second kappa shape index (κ2) is 5.43. The van der Waals surface area contributed by atoms with Crippen LogP contribution in [0.1, 0.15) is 53.4 Å². The summed E-state index contributed by atoms with van der Waals surface area (Å²) in [5.74, 6) is 0.519. The molecule has 0 unspecified atom stereocenters. The normalized spacial score (nSPS) is 31.6. The van der Waals surface area contributed by atoms with Gasteiger partial charge in [0, 0.05) is 0 Å². The Hall–Kier alpha value is -1.58. The largest absolute Gasteiger partial charge is 0.350 e. The fraction of sp³-hybridized carbons (Fsp3) is 0.625. The van der Waals surface area contributed by atoms with Crippen LogP contribution in [0.2, 0.25) is 0 Å². The highest BCUT2D eigenvalue weighted by atomic mass is 16.2. The molecule has 3 N–H and O–H groups in total. The molecule has 20 heavy (non-hydrogen) atoms. The topological polar surface area (TPSA) is 67.5 Å². The third-order valence-electron chi connectivity index (χ3n) is 4.97. The number of hydrogen-bond donors (Lipinski definition) is 2. The molecule has 0 aliphatic heterocycles. The Balaban J connectivity index is 2.29. The quantitative estimate of drug-likeness (QED) is 0.558. The van der Waals surface area contributed by atoms with Crippen LogP contribution in [0.3, 0.4) is 0 Å². The van der Waals surface area contributed by atoms with Gasteiger partial charge in [-0.2, -0.15) is 5.10 Å². The number of urea groups is 1. The summed E-state index contributed by atoms with van der Waals surface area (Å²) in [6.07, 6.45) is 6.44. The SMILES string of the molecule is CC(C)=C1CCC2=CC(=NNC(N)=O)C[C@@H](C)[C@]2(C)C1. The van der Waals surface area contributed by atoms with Gasteiger partial charge in [-0.25, -0.2) is 10.2 Å². The molecular weight excluding hydrogens is 250 g/mol. The molecule has 0 spiro atoms. The maximum Gasteiger partial charge on any atom is 0.332 e. The van der Waals surface area contributed by atoms with Gasteiger partial charge in [0.05, 0.1) is 5.71 Å². The molecule has 0 aromatic rings. The lowest BCUT2D eigenvalue weighted by atomic mass is 9.59. The predicted molar refractivity (Wildman–Crippen MR) is 82.4 cm³/mol. The van der Waals surface area contributed by atoms with Crippen molar-refractivity contribution in [3.8, 4) is 0 Å². The summed E-state index contributed by atoms with van der Waals surface area (Å²) >= 11 is 0. The summed E-state index contributed by atoms with van der Waals surface area (Å²) in [6, 6.07) is -0.604. The summed E-state index contributed by atoms with van der Waals surface area (Å²) in [7, 11) is 0. The molecule has 2 aliphatic rings. The smallest absolute Gasteiger partial charge is 0.332 e. The second-order valence-corrected chi connectivity index (χ2v) is 6.55. The Bertz CT molecular complexity index is 512. The van der Waals surface area contributed by atoms with Crippen LogP contribution >= 0.6 is 0 Å². The lowest BCUT2D eigenvalue weighted by molar-refractivity contribution is 0.229. The molecule has 0 saturated heterocycles. The van der Waals surface area contributed by atoms with E-state index in [1.165, 1.54) is 11.1 Å². The van der Waals surface area contributed by atoms with Crippen molar-refractivity contribution in [2.24, 2.45) is 22.2 Å². The highest BCUT2D eigenvalue weighted by molar-refractivity contribution is 5.97. The third-order valence-corrected chi connectivity index (χ3v) is 4.97. The lowest BCUT2D eigenvalue weighted by Crippen LogP contribution is -2.37. The van der Waals surface area contributed by atoms with Gasteiger partial charge in [-0.1, -0.05) is 30.6 Å². The molecule has 0 heterocycles. The van der Waals surface area contributed by atoms with Crippen LogP contribution in [0, 0.1) is 11.3 Å². The van der Waals surface area contributed by atoms with Crippen molar-refractivity contribution in [3.63, 3.8) is 0 Å². The van der Waals surface area contributed by atoms with E-state index < -0.39 is 6.03 Å². The number of allylic oxidation sites excluding steroid dienone is 4. The van der Waals surface area contributed by atoms with E-state index in [9.17, 15) is 4.79 Å². The van der Waals surface area contributed by atoms with Crippen molar-refractivity contribution in [3.05, 3.63) is 22.8 Å². The third kappa shape index (κ3) is 2.79. The maximum atomic E-state index is 10.8. The molecule has 0 aromatic carbocycles. The number of rotatable bonds is 1. The van der Waals surface area contributed by atoms with Gasteiger partial charge in [-0.3, -0.25) is 0 Å². The molecule has 0 aromatic heterocycles. The monoisotopic (exact) mass is 275 g/mol. The molecule has 0 radical (unpaired) electrons. The summed E-state index contributed by atoms with van der Waals surface area (Å²) in [4.78, 5) is 10.8. The van der Waals surface area contributed by atoms with E-state index in [-0.39, 0.29) is 5.41 Å². The first-order valence-electron chi connectivity index (χ1n) is 7.31. The van der Waals surface area contributed by atoms with Crippen molar-refractivity contribution < 1.29 is 4.79 Å². The summed E-state index contributed by atoms with van der Waals surface area (Å²) in [5, 5.41) is 4.11. The Kier molecular flexibility index (Phi) is 4.02. The number of carbonyl (C=O) groups is 1. The number of nitrogens with two attached hydrogens (primary N) is 1. The highest BCUT2D eigenvalue weighted by Crippen LogP contribution is 2.51. The first kappa shape index (κ1) is 14.8. The molecule has 2 amide bonds. The number of fused-ring (bicyclic) bond motifs is 1. The van der Waals surface area contributed by atoms with Crippen molar-refractivity contribution in [1.82, 2.24) is 5.43 Å². The van der Waals surface area contributed by atoms with Crippen LogP contribution in [0.15, 0.2) is 27.9 Å². The Morgan fingerprint density at radius 2 is 2.15 bits per heavy atom. The zero-order valence-corrected chi connectivity index (χ0v) is 12.9. The molecule has 1 saturated carbocycles. The lowest BCUT2D eigenvalue weighted by Gasteiger charge is -2.45. The maximum absolute atomic E-state index is 10.8. The van der Waals surface area contributed by atoms with E-state index in [1.54, 1.807) is 5.57 Å². The average Bonchev–Trinajstić information content (AvgIpc) is 2.37. The van der Waals surface area contributed by atoms with Crippen LogP contribution in [0.4, 0.5) is 4.79 Å². The molecule has 4 heteroatoms. The van der Waals surface area contributed by atoms with Gasteiger partial charge in [0.2, 0.25) is 0 Å². The van der Waals surface area contributed by atoms with Crippen LogP contribution < -0.4 is 11.2 Å². The van der Waals surface area contributed by atoms with Gasteiger partial charge in [0.25, 0.3) is 0 Å². The Morgan fingerprint density at radius 1 is 1.45 bits per heavy atom. The minimum atomic E-state index is -0.604. The van der Waals surface area contributed by atoms with Crippen LogP contribution in [-0.4, -0.2) is 11.7 Å². The molecule has 2 aliphatic carbocycles. The summed E-state index contributed by atoms with van der Waals surface area (Å²) in [5.41, 5.74) is 13.1. The summed E-state index contributed by atoms with van der Waals surface area (Å²) in [6.45, 7) is 9.07. The number of hydrogen-bond acceptors (Lipinski definition) is 2. The van der Waals surface area contributed by atoms with Crippen LogP contribution in [-0.2, 0) is 0 Å². The number of nitrogens with zero attached hydrogens (tertiary/aromatic N) is 1. The minimum absolute atomic E-state index is 0.233. The van der Waals surface area contributed by atoms with Crippen molar-refractivity contribution in [1.29, 1.82) is 0 Å². The highest BCUT2D eigenvalue weighted by Gasteiger charge is 2.41. The number of amides is 2. The van der Waals surface area contributed by atoms with Gasteiger partial charge in [0.1, 0.15) is 0 Å². The molecule has 1 fully saturated rings. The minimum Gasteiger partial charge on any atom is -0.350 e. The Morgan fingerprint density at radius 3 is 2.75 bits per heavy atom. The van der Waals surface area contributed by atoms with E-state index in [0.29, 0.717) is 5.92 Å². The molecule has 2 atom stereocenters. The van der Waals surface area contributed by atoms with Crippen LogP contribution in [0.25, 0.3) is 0 Å². The number of carbonyl (C=O) groups excluding carboxylic acids is 1. The summed E-state index contributed by atoms with van der Waals surface area (Å²) < 4.78 is 0. The van der Waals surface area contributed by atoms with Gasteiger partial charge in [-0.05, 0) is 56.9 Å². The molecule has 2 rings (SSSR count). The molecular formula is C16H25N3O. The van der Waals surface area contributed by atoms with E-state index in [2.05, 4.69) is 44.3 Å². The fourth-order valence-corrected chi connectivity index (χ4v) is 3.37. The second-order valence-electron chi connectivity index (χ2n) is 6.55. The fourth-order valence-electron chi connectivity index (χ4n) is 3.37. The molecule has 0 bridgehead atoms. The van der Waals surface area contributed by atoms with E-state index >= 15 is 0 Å². The van der Waals surface area contributed by atoms with E-state index in [4.69, 9.17) is 5.73 Å². The van der Waals surface area contributed by atoms with Crippen LogP contribution in [0.5, 0.6) is 0 Å². The zero-order valence-electron chi connectivity index (χ0n) is 12.9. The van der Waals surface area contributed by atoms with Gasteiger partial charge in [0.15, 0.2) is 0 Å². The van der Waals surface area contributed by atoms with Crippen molar-refractivity contribution in [2.45, 2.75) is 53.4 Å². The van der Waals surface area contributed by atoms with Crippen molar-refractivity contribution >= 4 is 11.7 Å². The van der Waals surface area contributed by atoms with Crippen molar-refractivity contribution in [2.75, 3.05) is 0 Å². The van der Waals surface area contributed by atoms with E-state index in [0.717, 1.165) is 31.4 Å². The molecule has 110 valence electrons. The number of nitrogens with one attached hydrogen (secondary N) is 1. The number of hydrazone groups is 1. The zero-order chi connectivity index (χ0) is 14.9. The first-order valence-corrected chi connectivity index (χ1v) is 7.31. The standard InChI is InChI=1S/C16H25N3O/c1-10(2)12-5-6-13-8-14(18-19-15(17)20)7-11(3)16(13,4)9-12/h8,11H,5-7,9H2,1-4H3,(H3,17,19,20)/t11-,16+/m1/s1. The van der Waals surface area contributed by atoms with Gasteiger partial charge >= 0.3 is 6.03 Å². The average molecular weight is 275 g/mol. The first-order chi connectivity index (χ1) is 9.33. The predicted octanol–water partition coefficient (Wildman–Crippen LogP) is 3.50. The van der Waals surface area contributed by atoms with Gasteiger partial charge < -0.3 is 5.73 Å². The molecule has 4 nitrogen and oxygen atoms in total. The van der Waals surface area contributed by atoms with Gasteiger partial charge in [-0.15, -0.1) is 0 Å². The van der Waals surface area contributed by atoms with E-state index in [1.807, 2.05) is 0 Å². The number of primary amides is 1. The Labute approximate surface area is 121 Å².